The number of carboxylic acid groups (broad SMARTS) is 1. The Morgan fingerprint density at radius 2 is 1.49 bits per heavy atom. The molecule has 3 aliphatic heterocycles. The van der Waals surface area contributed by atoms with E-state index in [4.69, 9.17) is 9.90 Å². The van der Waals surface area contributed by atoms with Gasteiger partial charge in [0.2, 0.25) is 0 Å². The summed E-state index contributed by atoms with van der Waals surface area (Å²) in [6.07, 6.45) is 0.345. The molecule has 3 saturated heterocycles. The monoisotopic (exact) mass is 711 g/mol. The average molecular weight is 712 g/mol. The van der Waals surface area contributed by atoms with Gasteiger partial charge in [0.05, 0.1) is 26.2 Å². The van der Waals surface area contributed by atoms with Gasteiger partial charge in [-0.2, -0.15) is 13.2 Å². The van der Waals surface area contributed by atoms with Gasteiger partial charge in [-0.1, -0.05) is 36.4 Å². The van der Waals surface area contributed by atoms with Crippen molar-refractivity contribution in [1.29, 1.82) is 0 Å². The van der Waals surface area contributed by atoms with Crippen LogP contribution in [0.1, 0.15) is 59.7 Å². The number of rotatable bonds is 8. The standard InChI is InChI=1S/C37H48FN5O.C2HF3O2/c1-29-26-42(15-14-39-29)28-31-8-6-10-33(22-31)35-24-30(12-13-36(35)38)25-40-37(44)34-11-7-9-32(23-34)27-41-16-20-43(21-17-41)18-4-2-3-5-19-43;3-2(4,5)1(6)7/h6-13,22-24,29,39H,2-5,14-21,25-28H2,1H3;(H,6,7)/t29-;/m0./s1. The topological polar surface area (TPSA) is 87.7 Å². The fraction of sp³-hybridized carbons (Fsp3) is 0.487. The Morgan fingerprint density at radius 1 is 0.843 bits per heavy atom. The van der Waals surface area contributed by atoms with E-state index in [1.807, 2.05) is 36.4 Å². The maximum atomic E-state index is 15.0. The fourth-order valence-electron chi connectivity index (χ4n) is 7.40. The molecule has 1 atom stereocenters. The first-order chi connectivity index (χ1) is 24.4. The zero-order chi connectivity index (χ0) is 36.4. The number of hydrogen-bond donors (Lipinski definition) is 2. The average Bonchev–Trinajstić information content (AvgIpc) is 3.34. The van der Waals surface area contributed by atoms with Crippen molar-refractivity contribution in [3.05, 3.63) is 94.8 Å². The molecule has 3 aromatic carbocycles. The van der Waals surface area contributed by atoms with Crippen molar-refractivity contribution in [3.8, 4) is 11.1 Å². The highest BCUT2D eigenvalue weighted by Crippen LogP contribution is 2.26. The summed E-state index contributed by atoms with van der Waals surface area (Å²) >= 11 is 0. The Kier molecular flexibility index (Phi) is 13.2. The third kappa shape index (κ3) is 11.3. The number of alkyl halides is 3. The molecule has 2 N–H and O–H groups in total. The number of amides is 1. The molecular weight excluding hydrogens is 662 g/mol. The molecular formula is C39H49F4N5O3. The lowest BCUT2D eigenvalue weighted by molar-refractivity contribution is -0.931. The lowest BCUT2D eigenvalue weighted by Crippen LogP contribution is -2.59. The number of aliphatic carboxylic acids is 1. The van der Waals surface area contributed by atoms with E-state index in [9.17, 15) is 18.0 Å². The molecule has 3 aliphatic rings. The summed E-state index contributed by atoms with van der Waals surface area (Å²) in [6, 6.07) is 21.8. The molecule has 0 saturated carbocycles. The highest BCUT2D eigenvalue weighted by molar-refractivity contribution is 5.94. The third-order valence-electron chi connectivity index (χ3n) is 10.2. The normalized spacial score (nSPS) is 19.8. The van der Waals surface area contributed by atoms with Crippen LogP contribution in [0.15, 0.2) is 66.7 Å². The highest BCUT2D eigenvalue weighted by atomic mass is 19.4. The molecule has 3 aromatic rings. The lowest BCUT2D eigenvalue weighted by Gasteiger charge is -2.44. The largest absolute Gasteiger partial charge is 0.542 e. The molecule has 0 bridgehead atoms. The molecule has 8 nitrogen and oxygen atoms in total. The van der Waals surface area contributed by atoms with Crippen molar-refractivity contribution >= 4 is 11.9 Å². The van der Waals surface area contributed by atoms with Crippen molar-refractivity contribution in [3.63, 3.8) is 0 Å². The second kappa shape index (κ2) is 17.6. The molecule has 12 heteroatoms. The van der Waals surface area contributed by atoms with Gasteiger partial charge in [-0.3, -0.25) is 14.6 Å². The predicted molar refractivity (Wildman–Crippen MR) is 187 cm³/mol. The van der Waals surface area contributed by atoms with Crippen molar-refractivity contribution in [1.82, 2.24) is 20.4 Å². The molecule has 51 heavy (non-hydrogen) atoms. The van der Waals surface area contributed by atoms with E-state index >= 15 is 4.39 Å². The van der Waals surface area contributed by atoms with Crippen LogP contribution in [0.4, 0.5) is 17.6 Å². The van der Waals surface area contributed by atoms with Gasteiger partial charge in [0.1, 0.15) is 11.8 Å². The molecule has 6 rings (SSSR count). The molecule has 1 amide bonds. The maximum absolute atomic E-state index is 15.0. The van der Waals surface area contributed by atoms with Crippen LogP contribution in [0.2, 0.25) is 0 Å². The van der Waals surface area contributed by atoms with Gasteiger partial charge in [0, 0.05) is 69.5 Å². The Morgan fingerprint density at radius 3 is 2.16 bits per heavy atom. The second-order valence-corrected chi connectivity index (χ2v) is 14.2. The van der Waals surface area contributed by atoms with Gasteiger partial charge in [0.25, 0.3) is 5.91 Å². The number of benzene rings is 3. The van der Waals surface area contributed by atoms with Gasteiger partial charge in [0.15, 0.2) is 0 Å². The minimum Gasteiger partial charge on any atom is -0.542 e. The quantitative estimate of drug-likeness (QED) is 0.260. The van der Waals surface area contributed by atoms with Gasteiger partial charge in [-0.15, -0.1) is 0 Å². The van der Waals surface area contributed by atoms with Crippen LogP contribution >= 0.6 is 0 Å². The highest BCUT2D eigenvalue weighted by Gasteiger charge is 2.33. The van der Waals surface area contributed by atoms with Crippen molar-refractivity contribution < 1.29 is 36.7 Å². The molecule has 3 heterocycles. The van der Waals surface area contributed by atoms with Crippen LogP contribution < -0.4 is 15.7 Å². The van der Waals surface area contributed by atoms with Crippen LogP contribution in [-0.2, 0) is 24.4 Å². The Labute approximate surface area is 298 Å². The molecule has 0 unspecified atom stereocenters. The zero-order valence-electron chi connectivity index (χ0n) is 29.3. The molecule has 3 fully saturated rings. The van der Waals surface area contributed by atoms with E-state index < -0.39 is 12.1 Å². The van der Waals surface area contributed by atoms with Crippen LogP contribution in [0.25, 0.3) is 11.1 Å². The van der Waals surface area contributed by atoms with Crippen molar-refractivity contribution in [2.45, 2.75) is 64.5 Å². The number of nitrogens with one attached hydrogen (secondary N) is 2. The van der Waals surface area contributed by atoms with Crippen LogP contribution in [0.3, 0.4) is 0 Å². The first-order valence-electron chi connectivity index (χ1n) is 18.0. The van der Waals surface area contributed by atoms with E-state index in [1.54, 1.807) is 6.07 Å². The molecule has 0 aliphatic carbocycles. The van der Waals surface area contributed by atoms with Crippen LogP contribution in [0.5, 0.6) is 0 Å². The lowest BCUT2D eigenvalue weighted by atomic mass is 10.00. The van der Waals surface area contributed by atoms with E-state index in [0.717, 1.165) is 56.9 Å². The summed E-state index contributed by atoms with van der Waals surface area (Å²) in [6.45, 7) is 14.8. The summed E-state index contributed by atoms with van der Waals surface area (Å²) in [5, 5.41) is 15.3. The van der Waals surface area contributed by atoms with Gasteiger partial charge >= 0.3 is 6.18 Å². The smallest absolute Gasteiger partial charge is 0.430 e. The molecule has 1 spiro atoms. The fourth-order valence-corrected chi connectivity index (χ4v) is 7.40. The van der Waals surface area contributed by atoms with Gasteiger partial charge in [-0.05, 0) is 85.2 Å². The van der Waals surface area contributed by atoms with Crippen LogP contribution in [-0.4, -0.2) is 97.3 Å². The summed E-state index contributed by atoms with van der Waals surface area (Å²) in [5.74, 6) is -3.35. The first kappa shape index (κ1) is 38.4. The summed E-state index contributed by atoms with van der Waals surface area (Å²) in [5.41, 5.74) is 5.35. The number of carbonyl (C=O) groups is 2. The van der Waals surface area contributed by atoms with Gasteiger partial charge in [-0.25, -0.2) is 4.39 Å². The summed E-state index contributed by atoms with van der Waals surface area (Å²) < 4.78 is 47.9. The first-order valence-corrected chi connectivity index (χ1v) is 18.0. The Hall–Kier alpha value is -3.84. The number of hydrogen-bond acceptors (Lipinski definition) is 6. The number of nitrogens with zero attached hydrogens (tertiary/aromatic N) is 3. The van der Waals surface area contributed by atoms with Crippen molar-refractivity contribution in [2.75, 3.05) is 58.9 Å². The zero-order valence-corrected chi connectivity index (χ0v) is 29.3. The third-order valence-corrected chi connectivity index (χ3v) is 10.2. The molecule has 0 radical (unpaired) electrons. The SMILES string of the molecule is C[C@H]1CN(Cc2cccc(-c3cc(CNC(=O)c4cccc(CN5CC[N+]6(CCCCCC6)CC5)c4)ccc3F)c2)CCN1.O=C([O-])C(F)(F)F. The Bertz CT molecular complexity index is 1620. The van der Waals surface area contributed by atoms with E-state index in [1.165, 1.54) is 73.5 Å². The molecule has 0 aromatic heterocycles. The Balaban J connectivity index is 0.000000654. The minimum atomic E-state index is -5.19. The van der Waals surface area contributed by atoms with Crippen LogP contribution in [0, 0.1) is 5.82 Å². The van der Waals surface area contributed by atoms with E-state index in [0.29, 0.717) is 23.7 Å². The van der Waals surface area contributed by atoms with Crippen molar-refractivity contribution in [2.24, 2.45) is 0 Å². The van der Waals surface area contributed by atoms with Gasteiger partial charge < -0.3 is 25.0 Å². The van der Waals surface area contributed by atoms with E-state index in [2.05, 4.69) is 45.6 Å². The molecule has 276 valence electrons. The summed E-state index contributed by atoms with van der Waals surface area (Å²) in [7, 11) is 0. The van der Waals surface area contributed by atoms with E-state index in [-0.39, 0.29) is 11.7 Å². The number of halogens is 4. The predicted octanol–water partition coefficient (Wildman–Crippen LogP) is 4.72. The summed E-state index contributed by atoms with van der Waals surface area (Å²) in [4.78, 5) is 26.9. The number of carbonyl (C=O) groups excluding carboxylic acids is 2. The maximum Gasteiger partial charge on any atom is 0.430 e. The number of carboxylic acids is 1. The minimum absolute atomic E-state index is 0.0994. The number of piperazine rings is 2. The number of quaternary nitrogens is 1. The second-order valence-electron chi connectivity index (χ2n) is 14.2.